The summed E-state index contributed by atoms with van der Waals surface area (Å²) in [6.07, 6.45) is 1.62. The van der Waals surface area contributed by atoms with Crippen LogP contribution in [0, 0.1) is 11.3 Å². The molecule has 4 aromatic rings. The van der Waals surface area contributed by atoms with Crippen LogP contribution in [-0.2, 0) is 4.79 Å². The Kier molecular flexibility index (Phi) is 6.43. The zero-order chi connectivity index (χ0) is 23.0. The fraction of sp³-hybridized carbons (Fsp3) is 0.0400. The lowest BCUT2D eigenvalue weighted by molar-refractivity contribution is -0.123. The second-order valence-corrected chi connectivity index (χ2v) is 6.96. The molecule has 0 bridgehead atoms. The van der Waals surface area contributed by atoms with Crippen LogP contribution >= 0.6 is 0 Å². The summed E-state index contributed by atoms with van der Waals surface area (Å²) in [7, 11) is 0. The Morgan fingerprint density at radius 3 is 2.24 bits per heavy atom. The minimum absolute atomic E-state index is 0.304. The molecule has 0 atom stereocenters. The maximum Gasteiger partial charge on any atom is 0.276 e. The van der Waals surface area contributed by atoms with Gasteiger partial charge in [0.15, 0.2) is 6.61 Å². The molecule has 0 fully saturated rings. The molecule has 0 spiro atoms. The van der Waals surface area contributed by atoms with Crippen molar-refractivity contribution < 1.29 is 14.3 Å². The lowest BCUT2D eigenvalue weighted by Gasteiger charge is -2.09. The van der Waals surface area contributed by atoms with Gasteiger partial charge < -0.3 is 4.74 Å². The normalized spacial score (nSPS) is 10.2. The molecular formula is C25H19N5O3. The first-order chi connectivity index (χ1) is 16.1. The molecular weight excluding hydrogens is 418 g/mol. The van der Waals surface area contributed by atoms with Crippen LogP contribution < -0.4 is 15.6 Å². The third kappa shape index (κ3) is 5.24. The van der Waals surface area contributed by atoms with E-state index in [2.05, 4.69) is 16.0 Å². The van der Waals surface area contributed by atoms with Crippen molar-refractivity contribution in [2.75, 3.05) is 6.61 Å². The van der Waals surface area contributed by atoms with E-state index in [-0.39, 0.29) is 6.61 Å². The summed E-state index contributed by atoms with van der Waals surface area (Å²) in [6.45, 7) is -0.305. The standard InChI is InChI=1S/C25H19N5O3/c26-15-18-11-13-21(14-12-18)33-17-23(31)27-28-25(32)22-16-30(20-9-5-2-6-10-20)29-24(22)19-7-3-1-4-8-19/h1-14,16H,17H2,(H,27,31)(H,28,32). The molecule has 2 N–H and O–H groups in total. The van der Waals surface area contributed by atoms with Crippen molar-refractivity contribution in [3.05, 3.63) is 102 Å². The lowest BCUT2D eigenvalue weighted by atomic mass is 10.1. The number of nitrogens with zero attached hydrogens (tertiary/aromatic N) is 3. The van der Waals surface area contributed by atoms with Gasteiger partial charge in [0.1, 0.15) is 11.4 Å². The molecule has 0 aliphatic heterocycles. The molecule has 0 saturated heterocycles. The molecule has 0 aliphatic carbocycles. The number of benzene rings is 3. The number of aromatic nitrogens is 2. The molecule has 33 heavy (non-hydrogen) atoms. The molecule has 0 saturated carbocycles. The van der Waals surface area contributed by atoms with Crippen molar-refractivity contribution in [1.29, 1.82) is 5.26 Å². The molecule has 1 heterocycles. The van der Waals surface area contributed by atoms with Gasteiger partial charge in [0.2, 0.25) is 0 Å². The number of carbonyl (C=O) groups is 2. The molecule has 8 heteroatoms. The Bertz CT molecular complexity index is 1290. The van der Waals surface area contributed by atoms with Crippen LogP contribution in [0.5, 0.6) is 5.75 Å². The van der Waals surface area contributed by atoms with E-state index in [1.54, 1.807) is 35.1 Å². The van der Waals surface area contributed by atoms with Gasteiger partial charge >= 0.3 is 0 Å². The smallest absolute Gasteiger partial charge is 0.276 e. The summed E-state index contributed by atoms with van der Waals surface area (Å²) < 4.78 is 6.99. The number of amides is 2. The molecule has 1 aromatic heterocycles. The highest BCUT2D eigenvalue weighted by Crippen LogP contribution is 2.23. The number of nitriles is 1. The molecule has 8 nitrogen and oxygen atoms in total. The molecule has 0 aliphatic rings. The number of rotatable bonds is 6. The lowest BCUT2D eigenvalue weighted by Crippen LogP contribution is -2.43. The van der Waals surface area contributed by atoms with Gasteiger partial charge in [-0.15, -0.1) is 0 Å². The Morgan fingerprint density at radius 2 is 1.58 bits per heavy atom. The van der Waals surface area contributed by atoms with E-state index in [0.717, 1.165) is 11.3 Å². The highest BCUT2D eigenvalue weighted by atomic mass is 16.5. The van der Waals surface area contributed by atoms with Gasteiger partial charge in [-0.25, -0.2) is 4.68 Å². The third-order valence-corrected chi connectivity index (χ3v) is 4.70. The van der Waals surface area contributed by atoms with Crippen LogP contribution in [0.25, 0.3) is 16.9 Å². The average Bonchev–Trinajstić information content (AvgIpc) is 3.33. The fourth-order valence-corrected chi connectivity index (χ4v) is 3.07. The summed E-state index contributed by atoms with van der Waals surface area (Å²) in [5.74, 6) is -0.613. The highest BCUT2D eigenvalue weighted by molar-refractivity contribution is 6.00. The van der Waals surface area contributed by atoms with E-state index in [4.69, 9.17) is 10.00 Å². The highest BCUT2D eigenvalue weighted by Gasteiger charge is 2.19. The molecule has 4 rings (SSSR count). The van der Waals surface area contributed by atoms with Crippen molar-refractivity contribution in [2.24, 2.45) is 0 Å². The molecule has 2 amide bonds. The summed E-state index contributed by atoms with van der Waals surface area (Å²) in [5, 5.41) is 13.4. The first-order valence-corrected chi connectivity index (χ1v) is 10.1. The summed E-state index contributed by atoms with van der Waals surface area (Å²) in [6, 6.07) is 27.1. The predicted octanol–water partition coefficient (Wildman–Crippen LogP) is 3.25. The van der Waals surface area contributed by atoms with Gasteiger partial charge in [-0.3, -0.25) is 20.4 Å². The third-order valence-electron chi connectivity index (χ3n) is 4.70. The molecule has 3 aromatic carbocycles. The molecule has 0 radical (unpaired) electrons. The quantitative estimate of drug-likeness (QED) is 0.450. The fourth-order valence-electron chi connectivity index (χ4n) is 3.07. The number of hydrazine groups is 1. The van der Waals surface area contributed by atoms with Crippen molar-refractivity contribution in [3.8, 4) is 28.8 Å². The van der Waals surface area contributed by atoms with E-state index in [1.165, 1.54) is 0 Å². The largest absolute Gasteiger partial charge is 0.484 e. The first-order valence-electron chi connectivity index (χ1n) is 10.1. The van der Waals surface area contributed by atoms with Crippen LogP contribution in [0.3, 0.4) is 0 Å². The maximum absolute atomic E-state index is 12.9. The van der Waals surface area contributed by atoms with Gasteiger partial charge in [-0.05, 0) is 36.4 Å². The van der Waals surface area contributed by atoms with E-state index >= 15 is 0 Å². The zero-order valence-corrected chi connectivity index (χ0v) is 17.4. The minimum Gasteiger partial charge on any atom is -0.484 e. The molecule has 162 valence electrons. The van der Waals surface area contributed by atoms with Crippen LogP contribution in [0.1, 0.15) is 15.9 Å². The topological polar surface area (TPSA) is 109 Å². The van der Waals surface area contributed by atoms with E-state index in [0.29, 0.717) is 22.6 Å². The van der Waals surface area contributed by atoms with Crippen LogP contribution in [0.4, 0.5) is 0 Å². The summed E-state index contributed by atoms with van der Waals surface area (Å²) in [4.78, 5) is 25.0. The van der Waals surface area contributed by atoms with Crippen LogP contribution in [0.15, 0.2) is 91.1 Å². The van der Waals surface area contributed by atoms with E-state index in [9.17, 15) is 9.59 Å². The monoisotopic (exact) mass is 437 g/mol. The van der Waals surface area contributed by atoms with Gasteiger partial charge in [0.25, 0.3) is 11.8 Å². The molecule has 0 unspecified atom stereocenters. The Labute approximate surface area is 190 Å². The summed E-state index contributed by atoms with van der Waals surface area (Å²) in [5.41, 5.74) is 7.61. The van der Waals surface area contributed by atoms with Crippen LogP contribution in [-0.4, -0.2) is 28.2 Å². The van der Waals surface area contributed by atoms with Crippen LogP contribution in [0.2, 0.25) is 0 Å². The van der Waals surface area contributed by atoms with Gasteiger partial charge in [0.05, 0.1) is 22.9 Å². The second-order valence-electron chi connectivity index (χ2n) is 6.96. The van der Waals surface area contributed by atoms with Crippen molar-refractivity contribution >= 4 is 11.8 Å². The zero-order valence-electron chi connectivity index (χ0n) is 17.4. The number of para-hydroxylation sites is 1. The number of ether oxygens (including phenoxy) is 1. The predicted molar refractivity (Wildman–Crippen MR) is 121 cm³/mol. The summed E-state index contributed by atoms with van der Waals surface area (Å²) >= 11 is 0. The number of hydrogen-bond donors (Lipinski definition) is 2. The number of hydrogen-bond acceptors (Lipinski definition) is 5. The Balaban J connectivity index is 1.45. The maximum atomic E-state index is 12.9. The Morgan fingerprint density at radius 1 is 0.909 bits per heavy atom. The Hall–Kier alpha value is -4.90. The average molecular weight is 437 g/mol. The van der Waals surface area contributed by atoms with E-state index in [1.807, 2.05) is 66.7 Å². The first kappa shape index (κ1) is 21.3. The van der Waals surface area contributed by atoms with Crippen molar-refractivity contribution in [1.82, 2.24) is 20.6 Å². The minimum atomic E-state index is -0.538. The van der Waals surface area contributed by atoms with Crippen molar-refractivity contribution in [3.63, 3.8) is 0 Å². The SMILES string of the molecule is N#Cc1ccc(OCC(=O)NNC(=O)c2cn(-c3ccccc3)nc2-c2ccccc2)cc1. The van der Waals surface area contributed by atoms with Gasteiger partial charge in [-0.2, -0.15) is 10.4 Å². The van der Waals surface area contributed by atoms with Crippen molar-refractivity contribution in [2.45, 2.75) is 0 Å². The number of nitrogens with one attached hydrogen (secondary N) is 2. The van der Waals surface area contributed by atoms with Gasteiger partial charge in [0, 0.05) is 11.8 Å². The van der Waals surface area contributed by atoms with E-state index < -0.39 is 11.8 Å². The number of carbonyl (C=O) groups excluding carboxylic acids is 2. The second kappa shape index (κ2) is 9.94. The van der Waals surface area contributed by atoms with Gasteiger partial charge in [-0.1, -0.05) is 48.5 Å².